The van der Waals surface area contributed by atoms with Gasteiger partial charge in [-0.1, -0.05) is 30.3 Å². The first-order valence-electron chi connectivity index (χ1n) is 9.27. The Labute approximate surface area is 163 Å². The molecular weight excluding hydrogens is 354 g/mol. The zero-order valence-electron chi connectivity index (χ0n) is 15.4. The van der Waals surface area contributed by atoms with Crippen LogP contribution in [0.2, 0.25) is 0 Å². The van der Waals surface area contributed by atoms with Crippen LogP contribution in [0.3, 0.4) is 0 Å². The van der Waals surface area contributed by atoms with Crippen LogP contribution in [0.5, 0.6) is 0 Å². The molecule has 4 rings (SSSR count). The molecule has 2 heterocycles. The second-order valence-corrected chi connectivity index (χ2v) is 6.85. The predicted molar refractivity (Wildman–Crippen MR) is 105 cm³/mol. The fourth-order valence-corrected chi connectivity index (χ4v) is 3.36. The smallest absolute Gasteiger partial charge is 0.229 e. The summed E-state index contributed by atoms with van der Waals surface area (Å²) in [5.41, 5.74) is 2.75. The van der Waals surface area contributed by atoms with E-state index in [4.69, 9.17) is 0 Å². The molecule has 142 valence electrons. The van der Waals surface area contributed by atoms with Crippen molar-refractivity contribution in [3.8, 4) is 5.69 Å². The van der Waals surface area contributed by atoms with E-state index in [1.165, 1.54) is 11.9 Å². The maximum absolute atomic E-state index is 12.6. The molecule has 1 unspecified atom stereocenters. The fraction of sp³-hybridized carbons (Fsp3) is 0.238. The van der Waals surface area contributed by atoms with Gasteiger partial charge in [0.1, 0.15) is 12.7 Å². The number of nitrogens with one attached hydrogen (secondary N) is 1. The van der Waals surface area contributed by atoms with Gasteiger partial charge >= 0.3 is 0 Å². The number of carbonyl (C=O) groups is 2. The highest BCUT2D eigenvalue weighted by molar-refractivity contribution is 5.97. The Morgan fingerprint density at radius 1 is 1.11 bits per heavy atom. The van der Waals surface area contributed by atoms with E-state index in [-0.39, 0.29) is 24.2 Å². The number of anilines is 1. The lowest BCUT2D eigenvalue weighted by Gasteiger charge is -2.16. The number of nitrogens with zero attached hydrogens (tertiary/aromatic N) is 4. The molecule has 1 atom stereocenters. The summed E-state index contributed by atoms with van der Waals surface area (Å²) in [5, 5.41) is 6.98. The standard InChI is InChI=1S/C21H21N5O2/c27-20-12-17(13-25(20)11-10-16-4-2-1-3-5-16)21(28)24-18-6-8-19(9-7-18)26-15-22-14-23-26/h1-9,14-15,17H,10-13H2,(H,24,28). The molecule has 0 radical (unpaired) electrons. The summed E-state index contributed by atoms with van der Waals surface area (Å²) in [6, 6.07) is 17.4. The van der Waals surface area contributed by atoms with E-state index in [9.17, 15) is 9.59 Å². The van der Waals surface area contributed by atoms with Gasteiger partial charge in [0.2, 0.25) is 11.8 Å². The molecule has 1 saturated heterocycles. The van der Waals surface area contributed by atoms with Crippen molar-refractivity contribution in [1.29, 1.82) is 0 Å². The van der Waals surface area contributed by atoms with E-state index >= 15 is 0 Å². The molecule has 7 heteroatoms. The molecule has 1 aromatic heterocycles. The molecule has 0 aliphatic carbocycles. The molecule has 0 bridgehead atoms. The van der Waals surface area contributed by atoms with Gasteiger partial charge < -0.3 is 10.2 Å². The summed E-state index contributed by atoms with van der Waals surface area (Å²) in [6.07, 6.45) is 4.14. The van der Waals surface area contributed by atoms with Gasteiger partial charge in [-0.05, 0) is 36.2 Å². The second kappa shape index (κ2) is 8.04. The van der Waals surface area contributed by atoms with Crippen LogP contribution in [0.25, 0.3) is 5.69 Å². The third-order valence-corrected chi connectivity index (χ3v) is 4.92. The first kappa shape index (κ1) is 17.9. The van der Waals surface area contributed by atoms with E-state index < -0.39 is 0 Å². The summed E-state index contributed by atoms with van der Waals surface area (Å²) < 4.78 is 1.64. The van der Waals surface area contributed by atoms with Crippen LogP contribution < -0.4 is 5.32 Å². The Hall–Kier alpha value is -3.48. The predicted octanol–water partition coefficient (Wildman–Crippen LogP) is 2.30. The van der Waals surface area contributed by atoms with Crippen LogP contribution in [-0.4, -0.2) is 44.6 Å². The third-order valence-electron chi connectivity index (χ3n) is 4.92. The van der Waals surface area contributed by atoms with Gasteiger partial charge in [-0.25, -0.2) is 9.67 Å². The maximum atomic E-state index is 12.6. The minimum Gasteiger partial charge on any atom is -0.342 e. The van der Waals surface area contributed by atoms with Gasteiger partial charge in [0.25, 0.3) is 0 Å². The molecule has 28 heavy (non-hydrogen) atoms. The first-order valence-corrected chi connectivity index (χ1v) is 9.27. The Balaban J connectivity index is 1.32. The van der Waals surface area contributed by atoms with Crippen molar-refractivity contribution in [3.05, 3.63) is 72.8 Å². The summed E-state index contributed by atoms with van der Waals surface area (Å²) in [4.78, 5) is 30.5. The Morgan fingerprint density at radius 3 is 2.61 bits per heavy atom. The summed E-state index contributed by atoms with van der Waals surface area (Å²) >= 11 is 0. The summed E-state index contributed by atoms with van der Waals surface area (Å²) in [7, 11) is 0. The van der Waals surface area contributed by atoms with Crippen molar-refractivity contribution in [1.82, 2.24) is 19.7 Å². The van der Waals surface area contributed by atoms with Gasteiger partial charge in [0.15, 0.2) is 0 Å². The zero-order valence-corrected chi connectivity index (χ0v) is 15.4. The average Bonchev–Trinajstić information content (AvgIpc) is 3.38. The highest BCUT2D eigenvalue weighted by Crippen LogP contribution is 2.21. The highest BCUT2D eigenvalue weighted by atomic mass is 16.2. The average molecular weight is 375 g/mol. The summed E-state index contributed by atoms with van der Waals surface area (Å²) in [5.74, 6) is -0.403. The molecular formula is C21H21N5O2. The lowest BCUT2D eigenvalue weighted by molar-refractivity contribution is -0.128. The van der Waals surface area contributed by atoms with Crippen LogP contribution in [0.1, 0.15) is 12.0 Å². The van der Waals surface area contributed by atoms with Crippen molar-refractivity contribution < 1.29 is 9.59 Å². The molecule has 2 amide bonds. The number of amides is 2. The topological polar surface area (TPSA) is 80.1 Å². The lowest BCUT2D eigenvalue weighted by Crippen LogP contribution is -2.30. The number of carbonyl (C=O) groups excluding carboxylic acids is 2. The van der Waals surface area contributed by atoms with E-state index in [0.717, 1.165) is 12.1 Å². The third kappa shape index (κ3) is 4.09. The quantitative estimate of drug-likeness (QED) is 0.717. The zero-order chi connectivity index (χ0) is 19.3. The Morgan fingerprint density at radius 2 is 1.89 bits per heavy atom. The van der Waals surface area contributed by atoms with Gasteiger partial charge in [-0.3, -0.25) is 9.59 Å². The van der Waals surface area contributed by atoms with Crippen LogP contribution in [0.4, 0.5) is 5.69 Å². The molecule has 1 fully saturated rings. The number of benzene rings is 2. The Bertz CT molecular complexity index is 939. The van der Waals surface area contributed by atoms with Crippen molar-refractivity contribution in [2.24, 2.45) is 5.92 Å². The van der Waals surface area contributed by atoms with Gasteiger partial charge in [-0.15, -0.1) is 0 Å². The van der Waals surface area contributed by atoms with Crippen molar-refractivity contribution in [2.45, 2.75) is 12.8 Å². The number of aromatic nitrogens is 3. The molecule has 0 saturated carbocycles. The normalized spacial score (nSPS) is 16.4. The SMILES string of the molecule is O=C(Nc1ccc(-n2cncn2)cc1)C1CC(=O)N(CCc2ccccc2)C1. The largest absolute Gasteiger partial charge is 0.342 e. The molecule has 0 spiro atoms. The van der Waals surface area contributed by atoms with Crippen LogP contribution >= 0.6 is 0 Å². The number of hydrogen-bond donors (Lipinski definition) is 1. The summed E-state index contributed by atoms with van der Waals surface area (Å²) in [6.45, 7) is 1.10. The van der Waals surface area contributed by atoms with E-state index in [0.29, 0.717) is 18.8 Å². The lowest BCUT2D eigenvalue weighted by atomic mass is 10.1. The highest BCUT2D eigenvalue weighted by Gasteiger charge is 2.33. The monoisotopic (exact) mass is 375 g/mol. The van der Waals surface area contributed by atoms with Gasteiger partial charge in [-0.2, -0.15) is 5.10 Å². The molecule has 1 N–H and O–H groups in total. The number of hydrogen-bond acceptors (Lipinski definition) is 4. The van der Waals surface area contributed by atoms with Crippen molar-refractivity contribution >= 4 is 17.5 Å². The first-order chi connectivity index (χ1) is 13.7. The molecule has 1 aliphatic heterocycles. The van der Waals surface area contributed by atoms with Crippen molar-refractivity contribution in [3.63, 3.8) is 0 Å². The second-order valence-electron chi connectivity index (χ2n) is 6.85. The van der Waals surface area contributed by atoms with Crippen LogP contribution in [0.15, 0.2) is 67.3 Å². The van der Waals surface area contributed by atoms with E-state index in [2.05, 4.69) is 15.4 Å². The molecule has 3 aromatic rings. The van der Waals surface area contributed by atoms with E-state index in [1.807, 2.05) is 54.6 Å². The van der Waals surface area contributed by atoms with E-state index in [1.54, 1.807) is 15.9 Å². The molecule has 7 nitrogen and oxygen atoms in total. The molecule has 2 aromatic carbocycles. The van der Waals surface area contributed by atoms with Gasteiger partial charge in [0, 0.05) is 25.2 Å². The Kier molecular flexibility index (Phi) is 5.14. The fourth-order valence-electron chi connectivity index (χ4n) is 3.36. The van der Waals surface area contributed by atoms with Gasteiger partial charge in [0.05, 0.1) is 11.6 Å². The number of likely N-dealkylation sites (tertiary alicyclic amines) is 1. The molecule has 1 aliphatic rings. The number of rotatable bonds is 6. The van der Waals surface area contributed by atoms with Crippen molar-refractivity contribution in [2.75, 3.05) is 18.4 Å². The van der Waals surface area contributed by atoms with Crippen LogP contribution in [0, 0.1) is 5.92 Å². The maximum Gasteiger partial charge on any atom is 0.229 e. The minimum absolute atomic E-state index is 0.0395. The minimum atomic E-state index is -0.321. The van der Waals surface area contributed by atoms with Crippen LogP contribution in [-0.2, 0) is 16.0 Å².